The summed E-state index contributed by atoms with van der Waals surface area (Å²) in [5.74, 6) is -2.23. The normalized spacial score (nSPS) is 10.8. The molecule has 1 N–H and O–H groups in total. The Balaban J connectivity index is 2.33. The minimum atomic E-state index is -0.822. The van der Waals surface area contributed by atoms with E-state index in [0.717, 1.165) is 17.7 Å². The number of amides is 1. The lowest BCUT2D eigenvalue weighted by molar-refractivity contribution is 0.102. The van der Waals surface area contributed by atoms with E-state index in [9.17, 15) is 13.6 Å². The van der Waals surface area contributed by atoms with Gasteiger partial charge in [-0.2, -0.15) is 0 Å². The second-order valence-electron chi connectivity index (χ2n) is 4.90. The summed E-state index contributed by atoms with van der Waals surface area (Å²) in [6, 6.07) is 8.65. The highest BCUT2D eigenvalue weighted by molar-refractivity contribution is 6.06. The standard InChI is InChI=1S/C18H17F2NO2/c1-3-23-10-9-13-8-7-12(2)11-14(13)18(22)21-17-15(19)5-4-6-16(17)20/h4-11H,3H2,1-2H3,(H,21,22)/b10-9+. The first-order valence-corrected chi connectivity index (χ1v) is 7.17. The van der Waals surface area contributed by atoms with Gasteiger partial charge < -0.3 is 10.1 Å². The van der Waals surface area contributed by atoms with Gasteiger partial charge in [0.2, 0.25) is 0 Å². The molecule has 0 aromatic heterocycles. The van der Waals surface area contributed by atoms with Gasteiger partial charge in [-0.3, -0.25) is 4.79 Å². The Morgan fingerprint density at radius 3 is 2.57 bits per heavy atom. The topological polar surface area (TPSA) is 38.3 Å². The van der Waals surface area contributed by atoms with Crippen molar-refractivity contribution in [1.29, 1.82) is 0 Å². The van der Waals surface area contributed by atoms with Gasteiger partial charge in [-0.25, -0.2) is 8.78 Å². The molecule has 23 heavy (non-hydrogen) atoms. The maximum Gasteiger partial charge on any atom is 0.256 e. The van der Waals surface area contributed by atoms with Crippen molar-refractivity contribution in [2.24, 2.45) is 0 Å². The smallest absolute Gasteiger partial charge is 0.256 e. The molecule has 2 aromatic rings. The second-order valence-corrected chi connectivity index (χ2v) is 4.90. The van der Waals surface area contributed by atoms with Gasteiger partial charge in [0.05, 0.1) is 12.9 Å². The Bertz CT molecular complexity index is 722. The molecule has 0 radical (unpaired) electrons. The number of benzene rings is 2. The van der Waals surface area contributed by atoms with Crippen LogP contribution in [0.2, 0.25) is 0 Å². The highest BCUT2D eigenvalue weighted by atomic mass is 19.1. The second kappa shape index (κ2) is 7.54. The molecule has 0 saturated carbocycles. The predicted molar refractivity (Wildman–Crippen MR) is 86.2 cm³/mol. The van der Waals surface area contributed by atoms with E-state index in [4.69, 9.17) is 4.74 Å². The molecule has 0 saturated heterocycles. The summed E-state index contributed by atoms with van der Waals surface area (Å²) in [5, 5.41) is 2.29. The Labute approximate surface area is 133 Å². The van der Waals surface area contributed by atoms with Gasteiger partial charge in [-0.05, 0) is 43.7 Å². The van der Waals surface area contributed by atoms with Gasteiger partial charge in [0, 0.05) is 5.56 Å². The zero-order valence-electron chi connectivity index (χ0n) is 12.9. The molecule has 1 amide bonds. The van der Waals surface area contributed by atoms with E-state index in [0.29, 0.717) is 17.7 Å². The van der Waals surface area contributed by atoms with Crippen LogP contribution < -0.4 is 5.32 Å². The number of rotatable bonds is 5. The average molecular weight is 317 g/mol. The van der Waals surface area contributed by atoms with Gasteiger partial charge in [0.15, 0.2) is 0 Å². The highest BCUT2D eigenvalue weighted by Crippen LogP contribution is 2.21. The number of para-hydroxylation sites is 1. The number of nitrogens with one attached hydrogen (secondary N) is 1. The van der Waals surface area contributed by atoms with Gasteiger partial charge >= 0.3 is 0 Å². The van der Waals surface area contributed by atoms with Crippen LogP contribution in [0.15, 0.2) is 42.7 Å². The van der Waals surface area contributed by atoms with Gasteiger partial charge in [0.1, 0.15) is 17.3 Å². The van der Waals surface area contributed by atoms with Crippen molar-refractivity contribution < 1.29 is 18.3 Å². The van der Waals surface area contributed by atoms with E-state index in [1.165, 1.54) is 12.3 Å². The van der Waals surface area contributed by atoms with Crippen molar-refractivity contribution in [1.82, 2.24) is 0 Å². The molecular weight excluding hydrogens is 300 g/mol. The number of aryl methyl sites for hydroxylation is 1. The molecule has 2 rings (SSSR count). The molecule has 0 aliphatic carbocycles. The molecule has 0 fully saturated rings. The molecule has 3 nitrogen and oxygen atoms in total. The number of anilines is 1. The van der Waals surface area contributed by atoms with Crippen LogP contribution >= 0.6 is 0 Å². The number of hydrogen-bond acceptors (Lipinski definition) is 2. The Morgan fingerprint density at radius 1 is 1.22 bits per heavy atom. The van der Waals surface area contributed by atoms with Crippen molar-refractivity contribution in [2.45, 2.75) is 13.8 Å². The molecule has 0 heterocycles. The minimum absolute atomic E-state index is 0.309. The highest BCUT2D eigenvalue weighted by Gasteiger charge is 2.15. The molecule has 0 bridgehead atoms. The van der Waals surface area contributed by atoms with E-state index < -0.39 is 23.2 Å². The van der Waals surface area contributed by atoms with Crippen LogP contribution in [-0.2, 0) is 4.74 Å². The molecule has 0 aliphatic rings. The number of carbonyl (C=O) groups is 1. The zero-order chi connectivity index (χ0) is 16.8. The maximum absolute atomic E-state index is 13.7. The van der Waals surface area contributed by atoms with E-state index in [2.05, 4.69) is 5.32 Å². The molecule has 0 unspecified atom stereocenters. The number of carbonyl (C=O) groups excluding carboxylic acids is 1. The quantitative estimate of drug-likeness (QED) is 0.823. The fraction of sp³-hybridized carbons (Fsp3) is 0.167. The fourth-order valence-electron chi connectivity index (χ4n) is 2.03. The van der Waals surface area contributed by atoms with E-state index in [-0.39, 0.29) is 0 Å². The SMILES string of the molecule is CCO/C=C/c1ccc(C)cc1C(=O)Nc1c(F)cccc1F. The van der Waals surface area contributed by atoms with E-state index in [1.54, 1.807) is 18.2 Å². The third kappa shape index (κ3) is 4.16. The van der Waals surface area contributed by atoms with Crippen molar-refractivity contribution in [3.05, 3.63) is 71.0 Å². The van der Waals surface area contributed by atoms with Crippen molar-refractivity contribution in [3.8, 4) is 0 Å². The molecular formula is C18H17F2NO2. The van der Waals surface area contributed by atoms with Gasteiger partial charge in [0.25, 0.3) is 5.91 Å². The minimum Gasteiger partial charge on any atom is -0.501 e. The molecule has 0 aliphatic heterocycles. The average Bonchev–Trinajstić information content (AvgIpc) is 2.52. The fourth-order valence-corrected chi connectivity index (χ4v) is 2.03. The van der Waals surface area contributed by atoms with E-state index in [1.807, 2.05) is 19.9 Å². The van der Waals surface area contributed by atoms with Crippen LogP contribution in [0.3, 0.4) is 0 Å². The molecule has 0 atom stereocenters. The summed E-state index contributed by atoms with van der Waals surface area (Å²) in [6.45, 7) is 4.18. The predicted octanol–water partition coefficient (Wildman–Crippen LogP) is 4.53. The summed E-state index contributed by atoms with van der Waals surface area (Å²) in [4.78, 5) is 12.4. The summed E-state index contributed by atoms with van der Waals surface area (Å²) in [5.41, 5.74) is 1.30. The Hall–Kier alpha value is -2.69. The van der Waals surface area contributed by atoms with Gasteiger partial charge in [-0.15, -0.1) is 0 Å². The summed E-state index contributed by atoms with van der Waals surface area (Å²) in [7, 11) is 0. The van der Waals surface area contributed by atoms with Gasteiger partial charge in [-0.1, -0.05) is 23.8 Å². The van der Waals surface area contributed by atoms with Crippen LogP contribution in [0, 0.1) is 18.6 Å². The Morgan fingerprint density at radius 2 is 1.91 bits per heavy atom. The van der Waals surface area contributed by atoms with Crippen LogP contribution in [0.5, 0.6) is 0 Å². The maximum atomic E-state index is 13.7. The zero-order valence-corrected chi connectivity index (χ0v) is 12.9. The molecule has 120 valence electrons. The largest absolute Gasteiger partial charge is 0.501 e. The van der Waals surface area contributed by atoms with Crippen LogP contribution in [0.1, 0.15) is 28.4 Å². The molecule has 0 spiro atoms. The summed E-state index contributed by atoms with van der Waals surface area (Å²) < 4.78 is 32.5. The summed E-state index contributed by atoms with van der Waals surface area (Å²) in [6.07, 6.45) is 3.11. The van der Waals surface area contributed by atoms with Crippen molar-refractivity contribution in [2.75, 3.05) is 11.9 Å². The first-order valence-electron chi connectivity index (χ1n) is 7.17. The van der Waals surface area contributed by atoms with Crippen LogP contribution in [0.4, 0.5) is 14.5 Å². The van der Waals surface area contributed by atoms with Crippen molar-refractivity contribution >= 4 is 17.7 Å². The lowest BCUT2D eigenvalue weighted by Crippen LogP contribution is -2.15. The summed E-state index contributed by atoms with van der Waals surface area (Å²) >= 11 is 0. The monoisotopic (exact) mass is 317 g/mol. The number of hydrogen-bond donors (Lipinski definition) is 1. The lowest BCUT2D eigenvalue weighted by atomic mass is 10.0. The first kappa shape index (κ1) is 16.7. The Kier molecular flexibility index (Phi) is 5.46. The third-order valence-corrected chi connectivity index (χ3v) is 3.17. The number of ether oxygens (including phenoxy) is 1. The molecule has 5 heteroatoms. The molecule has 2 aromatic carbocycles. The van der Waals surface area contributed by atoms with Crippen LogP contribution in [0.25, 0.3) is 6.08 Å². The van der Waals surface area contributed by atoms with E-state index >= 15 is 0 Å². The van der Waals surface area contributed by atoms with Crippen LogP contribution in [-0.4, -0.2) is 12.5 Å². The third-order valence-electron chi connectivity index (χ3n) is 3.17. The lowest BCUT2D eigenvalue weighted by Gasteiger charge is -2.10. The number of halogens is 2. The van der Waals surface area contributed by atoms with Crippen molar-refractivity contribution in [3.63, 3.8) is 0 Å². The first-order chi connectivity index (χ1) is 11.0.